The van der Waals surface area contributed by atoms with E-state index < -0.39 is 0 Å². The Morgan fingerprint density at radius 1 is 1.24 bits per heavy atom. The zero-order valence-electron chi connectivity index (χ0n) is 18.9. The number of hydrogen-bond acceptors (Lipinski definition) is 8. The number of nitrogens with zero attached hydrogens (tertiary/aromatic N) is 5. The van der Waals surface area contributed by atoms with E-state index in [2.05, 4.69) is 37.1 Å². The van der Waals surface area contributed by atoms with E-state index in [-0.39, 0.29) is 17.9 Å². The lowest BCUT2D eigenvalue weighted by Gasteiger charge is -2.37. The van der Waals surface area contributed by atoms with Crippen LogP contribution in [0.25, 0.3) is 21.9 Å². The largest absolute Gasteiger partial charge is 0.421 e. The summed E-state index contributed by atoms with van der Waals surface area (Å²) < 4.78 is 20.3. The molecule has 33 heavy (non-hydrogen) atoms. The van der Waals surface area contributed by atoms with Crippen LogP contribution in [0.4, 0.5) is 15.9 Å². The third-order valence-electron chi connectivity index (χ3n) is 6.02. The fourth-order valence-corrected chi connectivity index (χ4v) is 3.97. The maximum absolute atomic E-state index is 14.4. The van der Waals surface area contributed by atoms with E-state index in [1.54, 1.807) is 26.4 Å². The van der Waals surface area contributed by atoms with Crippen LogP contribution >= 0.6 is 0 Å². The van der Waals surface area contributed by atoms with Crippen LogP contribution in [-0.4, -0.2) is 51.1 Å². The Kier molecular flexibility index (Phi) is 5.09. The molecule has 1 aliphatic heterocycles. The second kappa shape index (κ2) is 7.96. The number of aryl methyl sites for hydroxylation is 1. The summed E-state index contributed by atoms with van der Waals surface area (Å²) in [6.45, 7) is 7.21. The van der Waals surface area contributed by atoms with Gasteiger partial charge in [-0.05, 0) is 38.5 Å². The number of fused-ring (bicyclic) bond motifs is 3. The average molecular weight is 449 g/mol. The summed E-state index contributed by atoms with van der Waals surface area (Å²) >= 11 is 0. The third-order valence-corrected chi connectivity index (χ3v) is 6.02. The molecule has 5 rings (SSSR count). The molecule has 3 aromatic heterocycles. The van der Waals surface area contributed by atoms with Crippen LogP contribution in [-0.2, 0) is 0 Å². The summed E-state index contributed by atoms with van der Waals surface area (Å²) in [4.78, 5) is 23.0. The SMILES string of the molecule is CNc1cc(F)cc2c1[nH]c1nc(Oc3cnc(C)nc3)nc(N3CC(=C(C)C(C)N)C3)c12. The second-order valence-electron chi connectivity index (χ2n) is 8.30. The van der Waals surface area contributed by atoms with Crippen LogP contribution in [0.3, 0.4) is 0 Å². The summed E-state index contributed by atoms with van der Waals surface area (Å²) in [6.07, 6.45) is 3.15. The van der Waals surface area contributed by atoms with Gasteiger partial charge in [-0.25, -0.2) is 14.4 Å². The van der Waals surface area contributed by atoms with Gasteiger partial charge in [-0.3, -0.25) is 0 Å². The van der Waals surface area contributed by atoms with E-state index in [0.717, 1.165) is 10.9 Å². The first kappa shape index (κ1) is 21.1. The average Bonchev–Trinajstić information content (AvgIpc) is 3.11. The maximum Gasteiger partial charge on any atom is 0.326 e. The number of rotatable bonds is 5. The van der Waals surface area contributed by atoms with Gasteiger partial charge in [0.25, 0.3) is 0 Å². The smallest absolute Gasteiger partial charge is 0.326 e. The molecule has 0 radical (unpaired) electrons. The number of aromatic nitrogens is 5. The van der Waals surface area contributed by atoms with Gasteiger partial charge in [0, 0.05) is 31.6 Å². The minimum atomic E-state index is -0.340. The van der Waals surface area contributed by atoms with E-state index in [1.165, 1.54) is 23.3 Å². The predicted molar refractivity (Wildman–Crippen MR) is 126 cm³/mol. The number of H-pyrrole nitrogens is 1. The van der Waals surface area contributed by atoms with Gasteiger partial charge in [0.1, 0.15) is 23.1 Å². The van der Waals surface area contributed by atoms with Gasteiger partial charge in [0.15, 0.2) is 5.75 Å². The Balaban J connectivity index is 1.66. The Morgan fingerprint density at radius 2 is 1.97 bits per heavy atom. The first-order chi connectivity index (χ1) is 15.8. The minimum Gasteiger partial charge on any atom is -0.421 e. The number of ether oxygens (including phenoxy) is 1. The van der Waals surface area contributed by atoms with Crippen molar-refractivity contribution >= 4 is 33.4 Å². The molecule has 9 nitrogen and oxygen atoms in total. The molecular weight excluding hydrogens is 423 g/mol. The van der Waals surface area contributed by atoms with E-state index >= 15 is 0 Å². The number of aromatic amines is 1. The van der Waals surface area contributed by atoms with Crippen molar-refractivity contribution in [3.05, 3.63) is 47.3 Å². The fraction of sp³-hybridized carbons (Fsp3) is 0.304. The molecule has 1 saturated heterocycles. The number of hydrogen-bond donors (Lipinski definition) is 3. The van der Waals surface area contributed by atoms with Gasteiger partial charge >= 0.3 is 6.01 Å². The molecule has 0 amide bonds. The van der Waals surface area contributed by atoms with Crippen molar-refractivity contribution in [1.82, 2.24) is 24.9 Å². The van der Waals surface area contributed by atoms with Crippen LogP contribution in [0, 0.1) is 12.7 Å². The molecule has 1 fully saturated rings. The van der Waals surface area contributed by atoms with Gasteiger partial charge < -0.3 is 25.7 Å². The lowest BCUT2D eigenvalue weighted by atomic mass is 9.97. The lowest BCUT2D eigenvalue weighted by molar-refractivity contribution is 0.438. The Labute approximate surface area is 189 Å². The van der Waals surface area contributed by atoms with Crippen molar-refractivity contribution in [2.45, 2.75) is 26.8 Å². The summed E-state index contributed by atoms with van der Waals surface area (Å²) in [5, 5.41) is 4.49. The predicted octanol–water partition coefficient (Wildman–Crippen LogP) is 3.67. The summed E-state index contributed by atoms with van der Waals surface area (Å²) in [6, 6.07) is 3.10. The van der Waals surface area contributed by atoms with Crippen molar-refractivity contribution in [1.29, 1.82) is 0 Å². The normalized spacial score (nSPS) is 14.5. The number of halogens is 1. The van der Waals surface area contributed by atoms with Crippen molar-refractivity contribution in [3.63, 3.8) is 0 Å². The standard InChI is InChI=1S/C23H25FN8O/c1-11(12(2)25)14-9-32(10-14)22-19-17-5-15(24)6-18(26-4)20(17)29-21(19)30-23(31-22)33-16-7-27-13(3)28-8-16/h5-8,12,26H,9-10,25H2,1-4H3,(H,29,30,31). The molecule has 170 valence electrons. The van der Waals surface area contributed by atoms with Crippen LogP contribution in [0.15, 0.2) is 35.7 Å². The number of anilines is 2. The molecule has 4 aromatic rings. The van der Waals surface area contributed by atoms with Crippen LogP contribution in [0.5, 0.6) is 11.8 Å². The topological polar surface area (TPSA) is 118 Å². The molecule has 0 aliphatic carbocycles. The van der Waals surface area contributed by atoms with Gasteiger partial charge in [0.05, 0.1) is 29.0 Å². The third kappa shape index (κ3) is 3.72. The first-order valence-corrected chi connectivity index (χ1v) is 10.7. The Morgan fingerprint density at radius 3 is 2.64 bits per heavy atom. The fourth-order valence-electron chi connectivity index (χ4n) is 3.97. The summed E-state index contributed by atoms with van der Waals surface area (Å²) in [7, 11) is 1.75. The van der Waals surface area contributed by atoms with E-state index in [0.29, 0.717) is 47.2 Å². The zero-order chi connectivity index (χ0) is 23.3. The van der Waals surface area contributed by atoms with E-state index in [4.69, 9.17) is 15.5 Å². The van der Waals surface area contributed by atoms with Crippen molar-refractivity contribution in [2.24, 2.45) is 5.73 Å². The van der Waals surface area contributed by atoms with Gasteiger partial charge in [-0.15, -0.1) is 0 Å². The number of benzene rings is 1. The molecule has 1 aliphatic rings. The van der Waals surface area contributed by atoms with Crippen LogP contribution < -0.4 is 20.7 Å². The molecular formula is C23H25FN8O. The molecule has 0 saturated carbocycles. The van der Waals surface area contributed by atoms with Gasteiger partial charge in [-0.1, -0.05) is 5.57 Å². The van der Waals surface area contributed by atoms with Crippen molar-refractivity contribution in [2.75, 3.05) is 30.4 Å². The molecule has 1 aromatic carbocycles. The summed E-state index contributed by atoms with van der Waals surface area (Å²) in [5.41, 5.74) is 10.5. The van der Waals surface area contributed by atoms with Crippen molar-refractivity contribution in [3.8, 4) is 11.8 Å². The molecule has 1 unspecified atom stereocenters. The number of nitrogens with two attached hydrogens (primary N) is 1. The zero-order valence-corrected chi connectivity index (χ0v) is 18.9. The van der Waals surface area contributed by atoms with Gasteiger partial charge in [-0.2, -0.15) is 9.97 Å². The van der Waals surface area contributed by atoms with E-state index in [1.807, 2.05) is 6.92 Å². The molecule has 0 spiro atoms. The van der Waals surface area contributed by atoms with Crippen LogP contribution in [0.1, 0.15) is 19.7 Å². The summed E-state index contributed by atoms with van der Waals surface area (Å²) in [5.74, 6) is 1.40. The van der Waals surface area contributed by atoms with Gasteiger partial charge in [0.2, 0.25) is 0 Å². The quantitative estimate of drug-likeness (QED) is 0.396. The molecule has 4 heterocycles. The molecule has 0 bridgehead atoms. The monoisotopic (exact) mass is 448 g/mol. The minimum absolute atomic E-state index is 0.00614. The highest BCUT2D eigenvalue weighted by Crippen LogP contribution is 2.39. The first-order valence-electron chi connectivity index (χ1n) is 10.7. The highest BCUT2D eigenvalue weighted by Gasteiger charge is 2.29. The highest BCUT2D eigenvalue weighted by molar-refractivity contribution is 6.14. The van der Waals surface area contributed by atoms with E-state index in [9.17, 15) is 4.39 Å². The maximum atomic E-state index is 14.4. The lowest BCUT2D eigenvalue weighted by Crippen LogP contribution is -2.43. The molecule has 1 atom stereocenters. The Hall–Kier alpha value is -3.79. The Bertz CT molecular complexity index is 1390. The van der Waals surface area contributed by atoms with Crippen molar-refractivity contribution < 1.29 is 9.13 Å². The highest BCUT2D eigenvalue weighted by atomic mass is 19.1. The second-order valence-corrected chi connectivity index (χ2v) is 8.30. The molecule has 10 heteroatoms. The number of nitrogens with one attached hydrogen (secondary N) is 2. The molecule has 4 N–H and O–H groups in total. The van der Waals surface area contributed by atoms with Crippen LogP contribution in [0.2, 0.25) is 0 Å².